The van der Waals surface area contributed by atoms with E-state index in [-0.39, 0.29) is 6.42 Å². The van der Waals surface area contributed by atoms with Gasteiger partial charge < -0.3 is 20.6 Å². The highest BCUT2D eigenvalue weighted by molar-refractivity contribution is 7.87. The fourth-order valence-electron chi connectivity index (χ4n) is 4.47. The van der Waals surface area contributed by atoms with E-state index in [1.165, 1.54) is 64.2 Å². The smallest absolute Gasteiger partial charge is 0.330 e. The summed E-state index contributed by atoms with van der Waals surface area (Å²) in [6.07, 6.45) is 15.3. The van der Waals surface area contributed by atoms with Crippen LogP contribution in [0.5, 0.6) is 0 Å². The first-order valence-corrected chi connectivity index (χ1v) is 15.3. The first-order chi connectivity index (χ1) is 17.9. The van der Waals surface area contributed by atoms with Gasteiger partial charge in [0.2, 0.25) is 5.91 Å². The Morgan fingerprint density at radius 1 is 0.711 bits per heavy atom. The van der Waals surface area contributed by atoms with Crippen LogP contribution in [-0.4, -0.2) is 62.9 Å². The summed E-state index contributed by atoms with van der Waals surface area (Å²) in [5.41, 5.74) is -2.22. The minimum Gasteiger partial charge on any atom is -0.481 e. The predicted molar refractivity (Wildman–Crippen MR) is 143 cm³/mol. The second kappa shape index (κ2) is 19.8. The molecule has 2 unspecified atom stereocenters. The molecule has 0 saturated carbocycles. The minimum absolute atomic E-state index is 0.220. The Morgan fingerprint density at radius 3 is 1.42 bits per heavy atom. The van der Waals surface area contributed by atoms with Crippen molar-refractivity contribution in [1.82, 2.24) is 5.32 Å². The molecule has 222 valence electrons. The van der Waals surface area contributed by atoms with Gasteiger partial charge in [-0.1, -0.05) is 110 Å². The number of hydrogen-bond donors (Lipinski definition) is 5. The lowest BCUT2D eigenvalue weighted by Gasteiger charge is -2.29. The van der Waals surface area contributed by atoms with Gasteiger partial charge >= 0.3 is 17.9 Å². The van der Waals surface area contributed by atoms with Gasteiger partial charge in [-0.05, 0) is 6.42 Å². The summed E-state index contributed by atoms with van der Waals surface area (Å²) in [5.74, 6) is -6.39. The van der Waals surface area contributed by atoms with E-state index >= 15 is 0 Å². The molecule has 0 rings (SSSR count). The van der Waals surface area contributed by atoms with E-state index in [2.05, 4.69) is 6.92 Å². The highest BCUT2D eigenvalue weighted by atomic mass is 32.2. The van der Waals surface area contributed by atoms with Crippen LogP contribution < -0.4 is 5.32 Å². The molecule has 0 fully saturated rings. The van der Waals surface area contributed by atoms with E-state index < -0.39 is 57.6 Å². The third-order valence-electron chi connectivity index (χ3n) is 6.70. The Labute approximate surface area is 226 Å². The van der Waals surface area contributed by atoms with Crippen LogP contribution in [0.3, 0.4) is 0 Å². The predicted octanol–water partition coefficient (Wildman–Crippen LogP) is 4.78. The van der Waals surface area contributed by atoms with Crippen molar-refractivity contribution < 1.29 is 47.5 Å². The van der Waals surface area contributed by atoms with Crippen LogP contribution >= 0.6 is 0 Å². The van der Waals surface area contributed by atoms with Gasteiger partial charge in [0, 0.05) is 0 Å². The largest absolute Gasteiger partial charge is 0.481 e. The lowest BCUT2D eigenvalue weighted by molar-refractivity contribution is -0.154. The summed E-state index contributed by atoms with van der Waals surface area (Å²) < 4.78 is 31.4. The lowest BCUT2D eigenvalue weighted by atomic mass is 9.88. The summed E-state index contributed by atoms with van der Waals surface area (Å²) >= 11 is 0. The van der Waals surface area contributed by atoms with Crippen LogP contribution in [0.1, 0.15) is 129 Å². The van der Waals surface area contributed by atoms with Crippen LogP contribution in [0.25, 0.3) is 0 Å². The molecule has 0 aliphatic rings. The Balaban J connectivity index is 4.42. The highest BCUT2D eigenvalue weighted by Gasteiger charge is 2.43. The van der Waals surface area contributed by atoms with Crippen molar-refractivity contribution in [1.29, 1.82) is 0 Å². The zero-order chi connectivity index (χ0) is 29.0. The van der Waals surface area contributed by atoms with Gasteiger partial charge in [-0.3, -0.25) is 18.9 Å². The average molecular weight is 566 g/mol. The Bertz CT molecular complexity index is 830. The van der Waals surface area contributed by atoms with Gasteiger partial charge in [0.05, 0.1) is 12.8 Å². The zero-order valence-electron chi connectivity index (χ0n) is 22.7. The van der Waals surface area contributed by atoms with Crippen LogP contribution in [0.2, 0.25) is 0 Å². The molecular weight excluding hydrogens is 518 g/mol. The summed E-state index contributed by atoms with van der Waals surface area (Å²) in [7, 11) is -5.13. The van der Waals surface area contributed by atoms with Crippen LogP contribution in [0.4, 0.5) is 0 Å². The molecule has 0 bridgehead atoms. The summed E-state index contributed by atoms with van der Waals surface area (Å²) in [5, 5.41) is 27.4. The van der Waals surface area contributed by atoms with Crippen LogP contribution in [0, 0.1) is 0 Å². The van der Waals surface area contributed by atoms with E-state index in [1.807, 2.05) is 5.32 Å². The third kappa shape index (κ3) is 16.6. The molecule has 0 radical (unpaired) electrons. The second-order valence-electron chi connectivity index (χ2n) is 10.1. The number of nitrogens with one attached hydrogen (secondary N) is 1. The highest BCUT2D eigenvalue weighted by Crippen LogP contribution is 2.22. The summed E-state index contributed by atoms with van der Waals surface area (Å²) in [4.78, 5) is 46.6. The molecule has 0 spiro atoms. The average Bonchev–Trinajstić information content (AvgIpc) is 2.80. The standard InChI is InChI=1S/C26H47NO10S/c1-2-3-4-5-6-7-8-9-10-11-12-13-14-15-16-17-18-26(25(33)34,20-23(29)30)27-22(28)19-21(24(31)32)38(35,36)37/h21H,2-20H2,1H3,(H,27,28)(H,29,30)(H,31,32)(H,33,34)(H,35,36,37). The van der Waals surface area contributed by atoms with Crippen molar-refractivity contribution in [3.05, 3.63) is 0 Å². The fourth-order valence-corrected chi connectivity index (χ4v) is 5.09. The molecule has 0 saturated heterocycles. The SMILES string of the molecule is CCCCCCCCCCCCCCCCCCC(CC(=O)O)(NC(=O)CC(C(=O)O)S(=O)(=O)O)C(=O)O. The molecule has 1 amide bonds. The zero-order valence-corrected chi connectivity index (χ0v) is 23.5. The monoisotopic (exact) mass is 565 g/mol. The Morgan fingerprint density at radius 2 is 1.11 bits per heavy atom. The van der Waals surface area contributed by atoms with Gasteiger partial charge in [0.25, 0.3) is 10.1 Å². The number of rotatable bonds is 25. The van der Waals surface area contributed by atoms with Crippen molar-refractivity contribution in [3.63, 3.8) is 0 Å². The molecule has 2 atom stereocenters. The molecule has 38 heavy (non-hydrogen) atoms. The normalized spacial score (nSPS) is 13.9. The van der Waals surface area contributed by atoms with Crippen molar-refractivity contribution in [2.24, 2.45) is 0 Å². The molecule has 0 aliphatic carbocycles. The van der Waals surface area contributed by atoms with Gasteiger partial charge in [-0.2, -0.15) is 8.42 Å². The Hall–Kier alpha value is -2.21. The van der Waals surface area contributed by atoms with Crippen LogP contribution in [-0.2, 0) is 29.3 Å². The maximum Gasteiger partial charge on any atom is 0.330 e. The number of carbonyl (C=O) groups is 4. The summed E-state index contributed by atoms with van der Waals surface area (Å²) in [6.45, 7) is 2.22. The number of carboxylic acid groups (broad SMARTS) is 3. The maximum atomic E-state index is 12.3. The van der Waals surface area contributed by atoms with Crippen LogP contribution in [0.15, 0.2) is 0 Å². The van der Waals surface area contributed by atoms with Crippen molar-refractivity contribution >= 4 is 33.9 Å². The van der Waals surface area contributed by atoms with E-state index in [9.17, 15) is 37.8 Å². The quantitative estimate of drug-likeness (QED) is 0.0758. The van der Waals surface area contributed by atoms with Gasteiger partial charge in [-0.25, -0.2) is 4.79 Å². The van der Waals surface area contributed by atoms with Gasteiger partial charge in [0.1, 0.15) is 5.54 Å². The van der Waals surface area contributed by atoms with E-state index in [4.69, 9.17) is 9.66 Å². The lowest BCUT2D eigenvalue weighted by Crippen LogP contribution is -2.56. The molecule has 0 aromatic heterocycles. The van der Waals surface area contributed by atoms with Crippen molar-refractivity contribution in [2.45, 2.75) is 140 Å². The number of amides is 1. The molecule has 0 aromatic rings. The van der Waals surface area contributed by atoms with Crippen molar-refractivity contribution in [2.75, 3.05) is 0 Å². The molecular formula is C26H47NO10S. The molecule has 12 heteroatoms. The first-order valence-electron chi connectivity index (χ1n) is 13.8. The fraction of sp³-hybridized carbons (Fsp3) is 0.846. The van der Waals surface area contributed by atoms with Crippen molar-refractivity contribution in [3.8, 4) is 0 Å². The minimum atomic E-state index is -5.13. The molecule has 0 heterocycles. The van der Waals surface area contributed by atoms with Gasteiger partial charge in [-0.15, -0.1) is 0 Å². The second-order valence-corrected chi connectivity index (χ2v) is 11.7. The van der Waals surface area contributed by atoms with E-state index in [0.29, 0.717) is 12.8 Å². The maximum absolute atomic E-state index is 12.3. The van der Waals surface area contributed by atoms with E-state index in [0.717, 1.165) is 25.7 Å². The number of carboxylic acids is 3. The topological polar surface area (TPSA) is 195 Å². The Kier molecular flexibility index (Phi) is 18.6. The van der Waals surface area contributed by atoms with Gasteiger partial charge in [0.15, 0.2) is 5.25 Å². The number of unbranched alkanes of at least 4 members (excludes halogenated alkanes) is 15. The molecule has 0 aliphatic heterocycles. The first kappa shape index (κ1) is 35.8. The van der Waals surface area contributed by atoms with E-state index in [1.54, 1.807) is 0 Å². The number of carbonyl (C=O) groups excluding carboxylic acids is 1. The molecule has 0 aromatic carbocycles. The number of hydrogen-bond acceptors (Lipinski definition) is 6. The molecule has 5 N–H and O–H groups in total. The summed E-state index contributed by atoms with van der Waals surface area (Å²) in [6, 6.07) is 0. The number of aliphatic carboxylic acids is 3. The third-order valence-corrected chi connectivity index (χ3v) is 7.79. The molecule has 11 nitrogen and oxygen atoms in total.